The quantitative estimate of drug-likeness (QED) is 0.435. The molecule has 1 amide bonds. The molecule has 1 fully saturated rings. The fourth-order valence-electron chi connectivity index (χ4n) is 2.91. The number of nitrogens with zero attached hydrogens (tertiary/aromatic N) is 2. The van der Waals surface area contributed by atoms with Crippen molar-refractivity contribution in [1.29, 1.82) is 0 Å². The zero-order chi connectivity index (χ0) is 13.7. The van der Waals surface area contributed by atoms with Crippen LogP contribution in [0.4, 0.5) is 0 Å². The van der Waals surface area contributed by atoms with Gasteiger partial charge >= 0.3 is 0 Å². The summed E-state index contributed by atoms with van der Waals surface area (Å²) in [4.78, 5) is 16.7. The van der Waals surface area contributed by atoms with Crippen molar-refractivity contribution in [3.05, 3.63) is 0 Å². The molecule has 0 aromatic carbocycles. The van der Waals surface area contributed by atoms with Gasteiger partial charge in [0.05, 0.1) is 6.04 Å². The number of hydrazine groups is 1. The molecule has 0 aliphatic carbocycles. The van der Waals surface area contributed by atoms with Gasteiger partial charge in [0.1, 0.15) is 0 Å². The maximum Gasteiger partial charge on any atom is 0.251 e. The molecule has 106 valence electrons. The standard InChI is InChI=1S/C13H28N4O/c1-5-11-9-16(4)7-6-8-17(11)12(10(2)3)13(18)15-14/h10-12H,5-9,14H2,1-4H3,(H,15,18). The summed E-state index contributed by atoms with van der Waals surface area (Å²) in [5, 5.41) is 0. The Balaban J connectivity index is 2.89. The van der Waals surface area contributed by atoms with Crippen LogP contribution in [0.2, 0.25) is 0 Å². The Morgan fingerprint density at radius 2 is 2.11 bits per heavy atom. The van der Waals surface area contributed by atoms with Crippen LogP contribution < -0.4 is 11.3 Å². The average Bonchev–Trinajstić information content (AvgIpc) is 2.51. The lowest BCUT2D eigenvalue weighted by molar-refractivity contribution is -0.129. The number of rotatable bonds is 4. The van der Waals surface area contributed by atoms with Gasteiger partial charge in [-0.1, -0.05) is 20.8 Å². The Morgan fingerprint density at radius 1 is 1.44 bits per heavy atom. The first-order valence-corrected chi connectivity index (χ1v) is 6.96. The molecule has 0 saturated carbocycles. The Kier molecular flexibility index (Phi) is 6.05. The van der Waals surface area contributed by atoms with E-state index in [-0.39, 0.29) is 17.9 Å². The highest BCUT2D eigenvalue weighted by molar-refractivity contribution is 5.81. The number of carbonyl (C=O) groups excluding carboxylic acids is 1. The molecule has 0 bridgehead atoms. The van der Waals surface area contributed by atoms with E-state index in [9.17, 15) is 4.79 Å². The molecule has 18 heavy (non-hydrogen) atoms. The summed E-state index contributed by atoms with van der Waals surface area (Å²) in [6.07, 6.45) is 2.17. The van der Waals surface area contributed by atoms with Crippen molar-refractivity contribution in [3.63, 3.8) is 0 Å². The molecule has 0 radical (unpaired) electrons. The Labute approximate surface area is 111 Å². The Morgan fingerprint density at radius 3 is 2.61 bits per heavy atom. The minimum absolute atomic E-state index is 0.0620. The lowest BCUT2D eigenvalue weighted by Crippen LogP contribution is -2.56. The van der Waals surface area contributed by atoms with E-state index < -0.39 is 0 Å². The van der Waals surface area contributed by atoms with Gasteiger partial charge < -0.3 is 4.90 Å². The SMILES string of the molecule is CCC1CN(C)CCCN1C(C(=O)NN)C(C)C. The first-order chi connectivity index (χ1) is 8.51. The van der Waals surface area contributed by atoms with Crippen LogP contribution in [0.25, 0.3) is 0 Å². The lowest BCUT2D eigenvalue weighted by atomic mass is 9.98. The van der Waals surface area contributed by atoms with Gasteiger partial charge in [-0.25, -0.2) is 5.84 Å². The summed E-state index contributed by atoms with van der Waals surface area (Å²) >= 11 is 0. The number of likely N-dealkylation sites (N-methyl/N-ethyl adjacent to an activating group) is 1. The highest BCUT2D eigenvalue weighted by atomic mass is 16.2. The molecule has 2 unspecified atom stereocenters. The number of hydrogen-bond acceptors (Lipinski definition) is 4. The Hall–Kier alpha value is -0.650. The molecular formula is C13H28N4O. The van der Waals surface area contributed by atoms with E-state index in [0.717, 1.165) is 32.5 Å². The number of carbonyl (C=O) groups is 1. The maximum atomic E-state index is 12.0. The van der Waals surface area contributed by atoms with E-state index in [0.29, 0.717) is 6.04 Å². The van der Waals surface area contributed by atoms with Crippen LogP contribution in [0.1, 0.15) is 33.6 Å². The van der Waals surface area contributed by atoms with E-state index in [1.165, 1.54) is 0 Å². The van der Waals surface area contributed by atoms with Crippen molar-refractivity contribution in [1.82, 2.24) is 15.2 Å². The third kappa shape index (κ3) is 3.67. The van der Waals surface area contributed by atoms with Crippen LogP contribution in [-0.4, -0.2) is 54.5 Å². The molecule has 1 heterocycles. The number of nitrogens with two attached hydrogens (primary N) is 1. The third-order valence-corrected chi connectivity index (χ3v) is 3.82. The van der Waals surface area contributed by atoms with Crippen molar-refractivity contribution in [3.8, 4) is 0 Å². The van der Waals surface area contributed by atoms with E-state index in [1.54, 1.807) is 0 Å². The molecule has 1 rings (SSSR count). The summed E-state index contributed by atoms with van der Waals surface area (Å²) in [6.45, 7) is 9.45. The zero-order valence-corrected chi connectivity index (χ0v) is 12.1. The zero-order valence-electron chi connectivity index (χ0n) is 12.1. The van der Waals surface area contributed by atoms with Crippen LogP contribution in [-0.2, 0) is 4.79 Å². The van der Waals surface area contributed by atoms with E-state index in [4.69, 9.17) is 5.84 Å². The maximum absolute atomic E-state index is 12.0. The fraction of sp³-hybridized carbons (Fsp3) is 0.923. The normalized spacial score (nSPS) is 24.9. The molecule has 5 nitrogen and oxygen atoms in total. The molecule has 5 heteroatoms. The second kappa shape index (κ2) is 7.07. The fourth-order valence-corrected chi connectivity index (χ4v) is 2.91. The summed E-state index contributed by atoms with van der Waals surface area (Å²) in [6, 6.07) is 0.314. The predicted octanol–water partition coefficient (Wildman–Crippen LogP) is 0.417. The van der Waals surface area contributed by atoms with Gasteiger partial charge in [0, 0.05) is 19.1 Å². The van der Waals surface area contributed by atoms with Gasteiger partial charge in [-0.05, 0) is 32.4 Å². The second-order valence-corrected chi connectivity index (χ2v) is 5.61. The van der Waals surface area contributed by atoms with Gasteiger partial charge in [-0.3, -0.25) is 15.1 Å². The number of amides is 1. The number of hydrogen-bond donors (Lipinski definition) is 2. The van der Waals surface area contributed by atoms with E-state index in [1.807, 2.05) is 0 Å². The van der Waals surface area contributed by atoms with Gasteiger partial charge in [-0.15, -0.1) is 0 Å². The minimum atomic E-state index is -0.119. The minimum Gasteiger partial charge on any atom is -0.305 e. The van der Waals surface area contributed by atoms with Crippen molar-refractivity contribution in [2.24, 2.45) is 11.8 Å². The van der Waals surface area contributed by atoms with Crippen molar-refractivity contribution in [2.45, 2.75) is 45.7 Å². The monoisotopic (exact) mass is 256 g/mol. The van der Waals surface area contributed by atoms with Crippen LogP contribution in [0.3, 0.4) is 0 Å². The predicted molar refractivity (Wildman–Crippen MR) is 73.9 cm³/mol. The van der Waals surface area contributed by atoms with Gasteiger partial charge in [0.2, 0.25) is 0 Å². The second-order valence-electron chi connectivity index (χ2n) is 5.61. The smallest absolute Gasteiger partial charge is 0.251 e. The van der Waals surface area contributed by atoms with E-state index >= 15 is 0 Å². The number of nitrogens with one attached hydrogen (secondary N) is 1. The summed E-state index contributed by atoms with van der Waals surface area (Å²) < 4.78 is 0. The van der Waals surface area contributed by atoms with E-state index in [2.05, 4.69) is 43.0 Å². The van der Waals surface area contributed by atoms with Crippen molar-refractivity contribution >= 4 is 5.91 Å². The molecule has 1 saturated heterocycles. The molecule has 3 N–H and O–H groups in total. The highest BCUT2D eigenvalue weighted by Gasteiger charge is 2.34. The first kappa shape index (κ1) is 15.4. The third-order valence-electron chi connectivity index (χ3n) is 3.82. The molecule has 0 aromatic heterocycles. The summed E-state index contributed by atoms with van der Waals surface area (Å²) in [5.74, 6) is 5.54. The van der Waals surface area contributed by atoms with Gasteiger partial charge in [-0.2, -0.15) is 0 Å². The molecule has 0 spiro atoms. The lowest BCUT2D eigenvalue weighted by Gasteiger charge is -2.37. The molecular weight excluding hydrogens is 228 g/mol. The van der Waals surface area contributed by atoms with Gasteiger partial charge in [0.25, 0.3) is 5.91 Å². The molecule has 1 aliphatic rings. The summed E-state index contributed by atoms with van der Waals surface area (Å²) in [5.41, 5.74) is 2.33. The average molecular weight is 256 g/mol. The van der Waals surface area contributed by atoms with Crippen LogP contribution in [0, 0.1) is 5.92 Å². The first-order valence-electron chi connectivity index (χ1n) is 6.96. The molecule has 0 aromatic rings. The van der Waals surface area contributed by atoms with Crippen molar-refractivity contribution < 1.29 is 4.79 Å². The summed E-state index contributed by atoms with van der Waals surface area (Å²) in [7, 11) is 2.15. The van der Waals surface area contributed by atoms with Crippen LogP contribution in [0.15, 0.2) is 0 Å². The van der Waals surface area contributed by atoms with Crippen LogP contribution >= 0.6 is 0 Å². The van der Waals surface area contributed by atoms with Crippen LogP contribution in [0.5, 0.6) is 0 Å². The van der Waals surface area contributed by atoms with Gasteiger partial charge in [0.15, 0.2) is 0 Å². The Bertz CT molecular complexity index is 270. The molecule has 1 aliphatic heterocycles. The topological polar surface area (TPSA) is 61.6 Å². The van der Waals surface area contributed by atoms with Crippen molar-refractivity contribution in [2.75, 3.05) is 26.7 Å². The molecule has 2 atom stereocenters. The largest absolute Gasteiger partial charge is 0.305 e. The highest BCUT2D eigenvalue weighted by Crippen LogP contribution is 2.20.